The van der Waals surface area contributed by atoms with Gasteiger partial charge < -0.3 is 5.32 Å². The molecular weight excluding hydrogens is 232 g/mol. The van der Waals surface area contributed by atoms with E-state index < -0.39 is 0 Å². The molecule has 0 saturated heterocycles. The topological polar surface area (TPSA) is 24.9 Å². The van der Waals surface area contributed by atoms with Crippen molar-refractivity contribution < 1.29 is 0 Å². The van der Waals surface area contributed by atoms with Crippen LogP contribution in [0.3, 0.4) is 0 Å². The van der Waals surface area contributed by atoms with E-state index in [9.17, 15) is 0 Å². The molecule has 1 aromatic carbocycles. The van der Waals surface area contributed by atoms with E-state index in [1.54, 1.807) is 0 Å². The van der Waals surface area contributed by atoms with E-state index in [-0.39, 0.29) is 0 Å². The van der Waals surface area contributed by atoms with Crippen molar-refractivity contribution in [2.24, 2.45) is 0 Å². The van der Waals surface area contributed by atoms with Crippen LogP contribution in [0.5, 0.6) is 0 Å². The van der Waals surface area contributed by atoms with Gasteiger partial charge in [0, 0.05) is 17.9 Å². The van der Waals surface area contributed by atoms with E-state index in [0.717, 1.165) is 12.1 Å². The van der Waals surface area contributed by atoms with Gasteiger partial charge in [0.15, 0.2) is 0 Å². The molecule has 1 heterocycles. The summed E-state index contributed by atoms with van der Waals surface area (Å²) < 4.78 is 0. The predicted molar refractivity (Wildman–Crippen MR) is 80.4 cm³/mol. The zero-order valence-corrected chi connectivity index (χ0v) is 12.2. The number of hydrogen-bond acceptors (Lipinski definition) is 2. The van der Waals surface area contributed by atoms with E-state index in [4.69, 9.17) is 0 Å². The van der Waals surface area contributed by atoms with Gasteiger partial charge in [0.25, 0.3) is 0 Å². The van der Waals surface area contributed by atoms with E-state index in [1.807, 2.05) is 20.2 Å². The van der Waals surface area contributed by atoms with Gasteiger partial charge in [-0.3, -0.25) is 4.98 Å². The first kappa shape index (κ1) is 13.8. The van der Waals surface area contributed by atoms with Crippen LogP contribution < -0.4 is 5.32 Å². The average Bonchev–Trinajstić information content (AvgIpc) is 2.34. The number of aromatic nitrogens is 1. The highest BCUT2D eigenvalue weighted by Gasteiger charge is 2.11. The van der Waals surface area contributed by atoms with E-state index >= 15 is 0 Å². The average molecular weight is 254 g/mol. The quantitative estimate of drug-likeness (QED) is 0.903. The first-order valence-electron chi connectivity index (χ1n) is 6.75. The van der Waals surface area contributed by atoms with Crippen molar-refractivity contribution in [1.29, 1.82) is 0 Å². The fourth-order valence-electron chi connectivity index (χ4n) is 2.59. The highest BCUT2D eigenvalue weighted by atomic mass is 14.9. The SMILES string of the molecule is CNC(Cc1cc(C)cc(C)c1)c1ccnc(C)c1. The van der Waals surface area contributed by atoms with Crippen LogP contribution in [0.25, 0.3) is 0 Å². The largest absolute Gasteiger partial charge is 0.313 e. The molecule has 1 aromatic heterocycles. The summed E-state index contributed by atoms with van der Waals surface area (Å²) in [6, 6.07) is 11.3. The van der Waals surface area contributed by atoms with Gasteiger partial charge in [-0.25, -0.2) is 0 Å². The second-order valence-electron chi connectivity index (χ2n) is 5.27. The van der Waals surface area contributed by atoms with Gasteiger partial charge in [-0.2, -0.15) is 0 Å². The Kier molecular flexibility index (Phi) is 4.33. The molecular formula is C17H22N2. The normalized spacial score (nSPS) is 12.4. The number of hydrogen-bond donors (Lipinski definition) is 1. The lowest BCUT2D eigenvalue weighted by Crippen LogP contribution is -2.19. The van der Waals surface area contributed by atoms with Crippen molar-refractivity contribution in [2.75, 3.05) is 7.05 Å². The van der Waals surface area contributed by atoms with Crippen LogP contribution >= 0.6 is 0 Å². The van der Waals surface area contributed by atoms with Crippen LogP contribution in [-0.2, 0) is 6.42 Å². The van der Waals surface area contributed by atoms with Crippen molar-refractivity contribution in [2.45, 2.75) is 33.2 Å². The van der Waals surface area contributed by atoms with Gasteiger partial charge in [0.2, 0.25) is 0 Å². The molecule has 1 N–H and O–H groups in total. The third-order valence-corrected chi connectivity index (χ3v) is 3.39. The number of pyridine rings is 1. The second kappa shape index (κ2) is 5.98. The molecule has 19 heavy (non-hydrogen) atoms. The molecule has 0 bridgehead atoms. The fourth-order valence-corrected chi connectivity index (χ4v) is 2.59. The Hall–Kier alpha value is -1.67. The first-order chi connectivity index (χ1) is 9.08. The van der Waals surface area contributed by atoms with Crippen LogP contribution in [0.1, 0.15) is 34.0 Å². The Morgan fingerprint density at radius 2 is 1.74 bits per heavy atom. The summed E-state index contributed by atoms with van der Waals surface area (Å²) in [7, 11) is 2.02. The van der Waals surface area contributed by atoms with Gasteiger partial charge in [-0.1, -0.05) is 29.3 Å². The molecule has 1 atom stereocenters. The minimum absolute atomic E-state index is 0.336. The zero-order valence-electron chi connectivity index (χ0n) is 12.2. The summed E-state index contributed by atoms with van der Waals surface area (Å²) in [5.41, 5.74) is 6.41. The molecule has 100 valence electrons. The third kappa shape index (κ3) is 3.65. The highest BCUT2D eigenvalue weighted by molar-refractivity contribution is 5.31. The third-order valence-electron chi connectivity index (χ3n) is 3.39. The number of aryl methyl sites for hydroxylation is 3. The van der Waals surface area contributed by atoms with Gasteiger partial charge in [0.05, 0.1) is 0 Å². The maximum Gasteiger partial charge on any atom is 0.0375 e. The molecule has 0 aliphatic carbocycles. The van der Waals surface area contributed by atoms with Gasteiger partial charge in [-0.05, 0) is 57.5 Å². The highest BCUT2D eigenvalue weighted by Crippen LogP contribution is 2.20. The number of nitrogens with zero attached hydrogens (tertiary/aromatic N) is 1. The zero-order chi connectivity index (χ0) is 13.8. The van der Waals surface area contributed by atoms with Crippen LogP contribution in [0.2, 0.25) is 0 Å². The molecule has 0 spiro atoms. The lowest BCUT2D eigenvalue weighted by Gasteiger charge is -2.18. The summed E-state index contributed by atoms with van der Waals surface area (Å²) in [5.74, 6) is 0. The van der Waals surface area contributed by atoms with Gasteiger partial charge >= 0.3 is 0 Å². The number of benzene rings is 1. The molecule has 2 rings (SSSR count). The summed E-state index contributed by atoms with van der Waals surface area (Å²) >= 11 is 0. The summed E-state index contributed by atoms with van der Waals surface area (Å²) in [6.07, 6.45) is 2.89. The maximum atomic E-state index is 4.26. The lowest BCUT2D eigenvalue weighted by molar-refractivity contribution is 0.590. The van der Waals surface area contributed by atoms with Crippen molar-refractivity contribution in [3.8, 4) is 0 Å². The fraction of sp³-hybridized carbons (Fsp3) is 0.353. The molecule has 0 radical (unpaired) electrons. The second-order valence-corrected chi connectivity index (χ2v) is 5.27. The van der Waals surface area contributed by atoms with Gasteiger partial charge in [0.1, 0.15) is 0 Å². The van der Waals surface area contributed by atoms with Crippen LogP contribution in [0, 0.1) is 20.8 Å². The minimum Gasteiger partial charge on any atom is -0.313 e. The van der Waals surface area contributed by atoms with Crippen molar-refractivity contribution in [3.63, 3.8) is 0 Å². The number of nitrogens with one attached hydrogen (secondary N) is 1. The van der Waals surface area contributed by atoms with Crippen LogP contribution in [0.4, 0.5) is 0 Å². The molecule has 0 fully saturated rings. The summed E-state index contributed by atoms with van der Waals surface area (Å²) in [5, 5.41) is 3.41. The summed E-state index contributed by atoms with van der Waals surface area (Å²) in [4.78, 5) is 4.26. The molecule has 0 aliphatic heterocycles. The molecule has 2 nitrogen and oxygen atoms in total. The Bertz CT molecular complexity index is 541. The minimum atomic E-state index is 0.336. The molecule has 1 unspecified atom stereocenters. The molecule has 0 saturated carbocycles. The Labute approximate surface area is 115 Å². The van der Waals surface area contributed by atoms with E-state index in [0.29, 0.717) is 6.04 Å². The molecule has 0 aliphatic rings. The molecule has 2 heteroatoms. The Morgan fingerprint density at radius 3 is 2.32 bits per heavy atom. The molecule has 2 aromatic rings. The standard InChI is InChI=1S/C17H22N2/c1-12-7-13(2)9-15(8-12)11-17(18-4)16-5-6-19-14(3)10-16/h5-10,17-18H,11H2,1-4H3. The number of likely N-dealkylation sites (N-methyl/N-ethyl adjacent to an activating group) is 1. The molecule has 0 amide bonds. The summed E-state index contributed by atoms with van der Waals surface area (Å²) in [6.45, 7) is 6.34. The maximum absolute atomic E-state index is 4.26. The predicted octanol–water partition coefficient (Wildman–Crippen LogP) is 3.51. The van der Waals surface area contributed by atoms with E-state index in [1.165, 1.54) is 22.3 Å². The van der Waals surface area contributed by atoms with Crippen molar-refractivity contribution in [3.05, 3.63) is 64.5 Å². The Morgan fingerprint density at radius 1 is 1.05 bits per heavy atom. The van der Waals surface area contributed by atoms with Crippen molar-refractivity contribution in [1.82, 2.24) is 10.3 Å². The lowest BCUT2D eigenvalue weighted by atomic mass is 9.97. The van der Waals surface area contributed by atoms with Crippen LogP contribution in [-0.4, -0.2) is 12.0 Å². The van der Waals surface area contributed by atoms with Crippen molar-refractivity contribution >= 4 is 0 Å². The van der Waals surface area contributed by atoms with E-state index in [2.05, 4.69) is 54.5 Å². The van der Waals surface area contributed by atoms with Gasteiger partial charge in [-0.15, -0.1) is 0 Å². The Balaban J connectivity index is 2.23. The monoisotopic (exact) mass is 254 g/mol. The smallest absolute Gasteiger partial charge is 0.0375 e. The van der Waals surface area contributed by atoms with Crippen LogP contribution in [0.15, 0.2) is 36.5 Å². The number of rotatable bonds is 4. The first-order valence-corrected chi connectivity index (χ1v) is 6.75.